The van der Waals surface area contributed by atoms with E-state index in [0.717, 1.165) is 12.1 Å². The van der Waals surface area contributed by atoms with Gasteiger partial charge in [0.25, 0.3) is 0 Å². The van der Waals surface area contributed by atoms with Gasteiger partial charge in [-0.1, -0.05) is 6.92 Å². The third-order valence-electron chi connectivity index (χ3n) is 1.88. The molecule has 0 aliphatic rings. The number of hydrogen-bond donors (Lipinski definition) is 3. The van der Waals surface area contributed by atoms with Gasteiger partial charge in [0.15, 0.2) is 0 Å². The van der Waals surface area contributed by atoms with Crippen LogP contribution >= 0.6 is 0 Å². The molecule has 4 N–H and O–H groups in total. The molecule has 1 aromatic rings. The maximum Gasteiger partial charge on any atom is 0.237 e. The number of hydrogen-bond acceptors (Lipinski definition) is 3. The molecule has 0 saturated heterocycles. The van der Waals surface area contributed by atoms with Crippen molar-refractivity contribution >= 4 is 5.91 Å². The molecule has 0 fully saturated rings. The van der Waals surface area contributed by atoms with Crippen LogP contribution in [0.1, 0.15) is 19.0 Å². The van der Waals surface area contributed by atoms with Crippen molar-refractivity contribution in [3.05, 3.63) is 18.2 Å². The summed E-state index contributed by atoms with van der Waals surface area (Å²) in [6.45, 7) is 2.68. The summed E-state index contributed by atoms with van der Waals surface area (Å²) in [5, 5.41) is 2.75. The van der Waals surface area contributed by atoms with Gasteiger partial charge in [0.05, 0.1) is 12.4 Å². The van der Waals surface area contributed by atoms with Gasteiger partial charge >= 0.3 is 0 Å². The van der Waals surface area contributed by atoms with Crippen LogP contribution in [0.2, 0.25) is 0 Å². The average Bonchev–Trinajstić information content (AvgIpc) is 2.66. The fraction of sp³-hybridized carbons (Fsp3) is 0.556. The summed E-state index contributed by atoms with van der Waals surface area (Å²) in [6.07, 6.45) is 4.66. The molecule has 0 spiro atoms. The Bertz CT molecular complexity index is 270. The van der Waals surface area contributed by atoms with Crippen molar-refractivity contribution in [2.75, 3.05) is 6.54 Å². The van der Waals surface area contributed by atoms with Crippen molar-refractivity contribution in [2.45, 2.75) is 25.8 Å². The normalized spacial score (nSPS) is 12.4. The van der Waals surface area contributed by atoms with Crippen molar-refractivity contribution in [3.63, 3.8) is 0 Å². The predicted octanol–water partition coefficient (Wildman–Crippen LogP) is -0.194. The van der Waals surface area contributed by atoms with Gasteiger partial charge in [-0.15, -0.1) is 0 Å². The van der Waals surface area contributed by atoms with Gasteiger partial charge in [0.1, 0.15) is 0 Å². The molecule has 1 aromatic heterocycles. The van der Waals surface area contributed by atoms with E-state index in [9.17, 15) is 4.79 Å². The fourth-order valence-corrected chi connectivity index (χ4v) is 1.11. The number of aromatic nitrogens is 2. The first-order valence-electron chi connectivity index (χ1n) is 4.74. The van der Waals surface area contributed by atoms with Gasteiger partial charge < -0.3 is 16.0 Å². The zero-order chi connectivity index (χ0) is 10.4. The second-order valence-corrected chi connectivity index (χ2v) is 3.18. The summed E-state index contributed by atoms with van der Waals surface area (Å²) >= 11 is 0. The Morgan fingerprint density at radius 1 is 1.79 bits per heavy atom. The van der Waals surface area contributed by atoms with E-state index < -0.39 is 6.04 Å². The first kappa shape index (κ1) is 10.7. The summed E-state index contributed by atoms with van der Waals surface area (Å²) in [4.78, 5) is 18.1. The van der Waals surface area contributed by atoms with Crippen molar-refractivity contribution in [1.29, 1.82) is 0 Å². The maximum absolute atomic E-state index is 11.4. The zero-order valence-corrected chi connectivity index (χ0v) is 8.29. The maximum atomic E-state index is 11.4. The Kier molecular flexibility index (Phi) is 4.12. The molecule has 1 rings (SSSR count). The Hall–Kier alpha value is -1.36. The van der Waals surface area contributed by atoms with Crippen LogP contribution in [-0.2, 0) is 11.2 Å². The largest absolute Gasteiger partial charge is 0.355 e. The van der Waals surface area contributed by atoms with Crippen molar-refractivity contribution in [2.24, 2.45) is 5.73 Å². The number of aromatic amines is 1. The van der Waals surface area contributed by atoms with Crippen LogP contribution in [0.25, 0.3) is 0 Å². The average molecular weight is 196 g/mol. The Labute approximate surface area is 83.1 Å². The van der Waals surface area contributed by atoms with E-state index in [1.807, 2.05) is 6.92 Å². The fourth-order valence-electron chi connectivity index (χ4n) is 1.11. The first-order chi connectivity index (χ1) is 6.74. The zero-order valence-electron chi connectivity index (χ0n) is 8.29. The van der Waals surface area contributed by atoms with E-state index in [1.54, 1.807) is 12.5 Å². The summed E-state index contributed by atoms with van der Waals surface area (Å²) in [5.41, 5.74) is 6.57. The molecule has 0 radical (unpaired) electrons. The van der Waals surface area contributed by atoms with Gasteiger partial charge in [0.2, 0.25) is 5.91 Å². The highest BCUT2D eigenvalue weighted by atomic mass is 16.2. The second-order valence-electron chi connectivity index (χ2n) is 3.18. The second kappa shape index (κ2) is 5.39. The summed E-state index contributed by atoms with van der Waals surface area (Å²) in [5.74, 6) is -0.110. The van der Waals surface area contributed by atoms with Crippen LogP contribution in [-0.4, -0.2) is 28.5 Å². The van der Waals surface area contributed by atoms with Crippen LogP contribution < -0.4 is 11.1 Å². The lowest BCUT2D eigenvalue weighted by atomic mass is 10.1. The molecule has 14 heavy (non-hydrogen) atoms. The number of nitrogens with zero attached hydrogens (tertiary/aromatic N) is 1. The number of nitrogens with two attached hydrogens (primary N) is 1. The molecule has 0 unspecified atom stereocenters. The SMILES string of the molecule is CCCNC(=O)[C@@H](N)Cc1cnc[nH]1. The van der Waals surface area contributed by atoms with Crippen molar-refractivity contribution < 1.29 is 4.79 Å². The monoisotopic (exact) mass is 196 g/mol. The van der Waals surface area contributed by atoms with Gasteiger partial charge in [-0.05, 0) is 6.42 Å². The number of carbonyl (C=O) groups excluding carboxylic acids is 1. The number of carbonyl (C=O) groups is 1. The number of amides is 1. The molecule has 0 aliphatic carbocycles. The van der Waals surface area contributed by atoms with E-state index in [-0.39, 0.29) is 5.91 Å². The Balaban J connectivity index is 2.34. The highest BCUT2D eigenvalue weighted by molar-refractivity contribution is 5.81. The van der Waals surface area contributed by atoms with Gasteiger partial charge in [0, 0.05) is 24.9 Å². The quantitative estimate of drug-likeness (QED) is 0.610. The molecular formula is C9H16N4O. The summed E-state index contributed by atoms with van der Waals surface area (Å²) < 4.78 is 0. The van der Waals surface area contributed by atoms with Crippen molar-refractivity contribution in [1.82, 2.24) is 15.3 Å². The number of rotatable bonds is 5. The minimum absolute atomic E-state index is 0.110. The van der Waals surface area contributed by atoms with E-state index in [0.29, 0.717) is 13.0 Å². The van der Waals surface area contributed by atoms with Crippen molar-refractivity contribution in [3.8, 4) is 0 Å². The molecular weight excluding hydrogens is 180 g/mol. The van der Waals surface area contributed by atoms with E-state index >= 15 is 0 Å². The smallest absolute Gasteiger partial charge is 0.237 e. The molecule has 1 amide bonds. The van der Waals surface area contributed by atoms with Crippen LogP contribution in [0.4, 0.5) is 0 Å². The van der Waals surface area contributed by atoms with E-state index in [4.69, 9.17) is 5.73 Å². The van der Waals surface area contributed by atoms with Gasteiger partial charge in [-0.2, -0.15) is 0 Å². The third-order valence-corrected chi connectivity index (χ3v) is 1.88. The van der Waals surface area contributed by atoms with E-state index in [1.165, 1.54) is 0 Å². The Morgan fingerprint density at radius 3 is 3.14 bits per heavy atom. The lowest BCUT2D eigenvalue weighted by Gasteiger charge is -2.10. The summed E-state index contributed by atoms with van der Waals surface area (Å²) in [6, 6.07) is -0.498. The molecule has 78 valence electrons. The highest BCUT2D eigenvalue weighted by Crippen LogP contribution is 1.96. The van der Waals surface area contributed by atoms with Crippen LogP contribution in [0.3, 0.4) is 0 Å². The predicted molar refractivity (Wildman–Crippen MR) is 53.6 cm³/mol. The van der Waals surface area contributed by atoms with Crippen LogP contribution in [0, 0.1) is 0 Å². The lowest BCUT2D eigenvalue weighted by Crippen LogP contribution is -2.42. The first-order valence-corrected chi connectivity index (χ1v) is 4.74. The number of nitrogens with one attached hydrogen (secondary N) is 2. The molecule has 5 nitrogen and oxygen atoms in total. The van der Waals surface area contributed by atoms with Gasteiger partial charge in [-0.3, -0.25) is 4.79 Å². The van der Waals surface area contributed by atoms with Gasteiger partial charge in [-0.25, -0.2) is 4.98 Å². The molecule has 1 heterocycles. The Morgan fingerprint density at radius 2 is 2.57 bits per heavy atom. The standard InChI is InChI=1S/C9H16N4O/c1-2-3-12-9(14)8(10)4-7-5-11-6-13-7/h5-6,8H,2-4,10H2,1H3,(H,11,13)(H,12,14)/t8-/m0/s1. The molecule has 5 heteroatoms. The topological polar surface area (TPSA) is 83.8 Å². The van der Waals surface area contributed by atoms with Crippen LogP contribution in [0.15, 0.2) is 12.5 Å². The lowest BCUT2D eigenvalue weighted by molar-refractivity contribution is -0.122. The van der Waals surface area contributed by atoms with Crippen LogP contribution in [0.5, 0.6) is 0 Å². The highest BCUT2D eigenvalue weighted by Gasteiger charge is 2.13. The number of imidazole rings is 1. The molecule has 0 aliphatic heterocycles. The number of H-pyrrole nitrogens is 1. The molecule has 0 aromatic carbocycles. The molecule has 0 bridgehead atoms. The van der Waals surface area contributed by atoms with E-state index in [2.05, 4.69) is 15.3 Å². The minimum Gasteiger partial charge on any atom is -0.355 e. The molecule has 0 saturated carbocycles. The minimum atomic E-state index is -0.498. The third kappa shape index (κ3) is 3.18. The molecule has 1 atom stereocenters. The summed E-state index contributed by atoms with van der Waals surface area (Å²) in [7, 11) is 0.